The predicted molar refractivity (Wildman–Crippen MR) is 127 cm³/mol. The lowest BCUT2D eigenvalue weighted by Crippen LogP contribution is -2.17. The van der Waals surface area contributed by atoms with Crippen LogP contribution in [0, 0.1) is 5.82 Å². The Kier molecular flexibility index (Phi) is 6.68. The van der Waals surface area contributed by atoms with Gasteiger partial charge in [-0.05, 0) is 66.7 Å². The Morgan fingerprint density at radius 3 is 2.03 bits per heavy atom. The van der Waals surface area contributed by atoms with Gasteiger partial charge in [0.05, 0.1) is 12.5 Å². The average Bonchev–Trinajstić information content (AvgIpc) is 2.84. The van der Waals surface area contributed by atoms with E-state index in [1.165, 1.54) is 37.4 Å². The van der Waals surface area contributed by atoms with Crippen LogP contribution in [0.25, 0.3) is 22.3 Å². The summed E-state index contributed by atoms with van der Waals surface area (Å²) in [7, 11) is 1.53. The molecule has 0 spiro atoms. The standard InChI is InChI=1S/C26H21FN2O5/c1-33-20-10-11-23-21(14-20)22(30)15-24(34-23)16-2-6-18(7-3-16)28-25(31)12-13-26(32)29-19-8-4-17(27)5-9-19/h2-11,14-15H,12-13H2,1H3,(H,28,31)(H,29,32). The van der Waals surface area contributed by atoms with Crippen molar-refractivity contribution in [3.63, 3.8) is 0 Å². The van der Waals surface area contributed by atoms with E-state index in [0.717, 1.165) is 0 Å². The molecule has 2 amide bonds. The van der Waals surface area contributed by atoms with Gasteiger partial charge in [0.15, 0.2) is 5.43 Å². The van der Waals surface area contributed by atoms with Crippen molar-refractivity contribution in [2.75, 3.05) is 17.7 Å². The van der Waals surface area contributed by atoms with E-state index in [-0.39, 0.29) is 30.1 Å². The van der Waals surface area contributed by atoms with Crippen molar-refractivity contribution in [1.29, 1.82) is 0 Å². The van der Waals surface area contributed by atoms with Gasteiger partial charge in [0.2, 0.25) is 11.8 Å². The molecule has 0 radical (unpaired) electrons. The Morgan fingerprint density at radius 1 is 0.853 bits per heavy atom. The van der Waals surface area contributed by atoms with Crippen molar-refractivity contribution in [3.05, 3.63) is 88.8 Å². The highest BCUT2D eigenvalue weighted by Crippen LogP contribution is 2.25. The van der Waals surface area contributed by atoms with Gasteiger partial charge >= 0.3 is 0 Å². The van der Waals surface area contributed by atoms with E-state index in [1.54, 1.807) is 42.5 Å². The summed E-state index contributed by atoms with van der Waals surface area (Å²) < 4.78 is 23.9. The molecule has 4 rings (SSSR count). The first-order valence-corrected chi connectivity index (χ1v) is 10.5. The number of methoxy groups -OCH3 is 1. The fourth-order valence-corrected chi connectivity index (χ4v) is 3.33. The van der Waals surface area contributed by atoms with Crippen LogP contribution < -0.4 is 20.8 Å². The molecule has 2 N–H and O–H groups in total. The number of benzene rings is 3. The van der Waals surface area contributed by atoms with E-state index >= 15 is 0 Å². The molecule has 0 bridgehead atoms. The molecule has 0 aliphatic rings. The Morgan fingerprint density at radius 2 is 1.44 bits per heavy atom. The van der Waals surface area contributed by atoms with Crippen LogP contribution in [0.4, 0.5) is 15.8 Å². The van der Waals surface area contributed by atoms with Crippen LogP contribution in [0.15, 0.2) is 82.0 Å². The molecule has 0 aliphatic heterocycles. The van der Waals surface area contributed by atoms with Crippen molar-refractivity contribution >= 4 is 34.2 Å². The maximum Gasteiger partial charge on any atom is 0.224 e. The van der Waals surface area contributed by atoms with Gasteiger partial charge < -0.3 is 19.8 Å². The molecular weight excluding hydrogens is 439 g/mol. The Balaban J connectivity index is 1.36. The Labute approximate surface area is 194 Å². The molecule has 0 aliphatic carbocycles. The second-order valence-electron chi connectivity index (χ2n) is 7.52. The molecule has 0 fully saturated rings. The second kappa shape index (κ2) is 9.99. The summed E-state index contributed by atoms with van der Waals surface area (Å²) in [5.41, 5.74) is 1.93. The minimum Gasteiger partial charge on any atom is -0.497 e. The van der Waals surface area contributed by atoms with Crippen molar-refractivity contribution in [3.8, 4) is 17.1 Å². The van der Waals surface area contributed by atoms with E-state index in [9.17, 15) is 18.8 Å². The van der Waals surface area contributed by atoms with Gasteiger partial charge in [0.25, 0.3) is 0 Å². The van der Waals surface area contributed by atoms with Crippen molar-refractivity contribution in [2.24, 2.45) is 0 Å². The van der Waals surface area contributed by atoms with Crippen LogP contribution >= 0.6 is 0 Å². The van der Waals surface area contributed by atoms with Crippen LogP contribution in [-0.2, 0) is 9.59 Å². The third-order valence-electron chi connectivity index (χ3n) is 5.09. The zero-order valence-corrected chi connectivity index (χ0v) is 18.3. The Hall–Kier alpha value is -4.46. The summed E-state index contributed by atoms with van der Waals surface area (Å²) in [6.45, 7) is 0. The lowest BCUT2D eigenvalue weighted by Gasteiger charge is -2.08. The van der Waals surface area contributed by atoms with Gasteiger partial charge in [0, 0.05) is 35.8 Å². The van der Waals surface area contributed by atoms with Gasteiger partial charge in [-0.2, -0.15) is 0 Å². The third-order valence-corrected chi connectivity index (χ3v) is 5.09. The fourth-order valence-electron chi connectivity index (χ4n) is 3.33. The number of ether oxygens (including phenoxy) is 1. The molecule has 1 heterocycles. The zero-order valence-electron chi connectivity index (χ0n) is 18.3. The molecule has 0 atom stereocenters. The van der Waals surface area contributed by atoms with E-state index in [0.29, 0.717) is 39.4 Å². The molecule has 0 saturated carbocycles. The number of carbonyl (C=O) groups is 2. The number of hydrogen-bond donors (Lipinski definition) is 2. The molecule has 0 saturated heterocycles. The van der Waals surface area contributed by atoms with Crippen molar-refractivity contribution in [1.82, 2.24) is 0 Å². The van der Waals surface area contributed by atoms with Gasteiger partial charge in [-0.1, -0.05) is 0 Å². The lowest BCUT2D eigenvalue weighted by atomic mass is 10.1. The fraction of sp³-hybridized carbons (Fsp3) is 0.115. The highest BCUT2D eigenvalue weighted by Gasteiger charge is 2.10. The average molecular weight is 460 g/mol. The minimum atomic E-state index is -0.396. The van der Waals surface area contributed by atoms with Gasteiger partial charge in [-0.15, -0.1) is 0 Å². The minimum absolute atomic E-state index is 0.0161. The maximum atomic E-state index is 12.9. The summed E-state index contributed by atoms with van der Waals surface area (Å²) in [4.78, 5) is 36.7. The zero-order chi connectivity index (χ0) is 24.1. The first-order chi connectivity index (χ1) is 16.4. The molecular formula is C26H21FN2O5. The molecule has 4 aromatic rings. The normalized spacial score (nSPS) is 10.6. The number of fused-ring (bicyclic) bond motifs is 1. The van der Waals surface area contributed by atoms with Crippen LogP contribution in [0.2, 0.25) is 0 Å². The largest absolute Gasteiger partial charge is 0.497 e. The molecule has 3 aromatic carbocycles. The van der Waals surface area contributed by atoms with Crippen LogP contribution in [0.3, 0.4) is 0 Å². The molecule has 8 heteroatoms. The summed E-state index contributed by atoms with van der Waals surface area (Å²) in [5, 5.41) is 5.76. The van der Waals surface area contributed by atoms with Gasteiger partial charge in [-0.25, -0.2) is 4.39 Å². The van der Waals surface area contributed by atoms with Crippen LogP contribution in [0.1, 0.15) is 12.8 Å². The van der Waals surface area contributed by atoms with E-state index in [4.69, 9.17) is 9.15 Å². The van der Waals surface area contributed by atoms with Crippen LogP contribution in [0.5, 0.6) is 5.75 Å². The third kappa shape index (κ3) is 5.47. The summed E-state index contributed by atoms with van der Waals surface area (Å²) in [6.07, 6.45) is -0.0356. The molecule has 7 nitrogen and oxygen atoms in total. The highest BCUT2D eigenvalue weighted by molar-refractivity contribution is 5.96. The van der Waals surface area contributed by atoms with Gasteiger partial charge in [-0.3, -0.25) is 14.4 Å². The number of hydrogen-bond acceptors (Lipinski definition) is 5. The van der Waals surface area contributed by atoms with E-state index < -0.39 is 5.82 Å². The lowest BCUT2D eigenvalue weighted by molar-refractivity contribution is -0.121. The number of rotatable bonds is 7. The molecule has 1 aromatic heterocycles. The van der Waals surface area contributed by atoms with E-state index in [2.05, 4.69) is 10.6 Å². The number of nitrogens with one attached hydrogen (secondary N) is 2. The van der Waals surface area contributed by atoms with Crippen LogP contribution in [-0.4, -0.2) is 18.9 Å². The Bertz CT molecular complexity index is 1400. The number of amides is 2. The smallest absolute Gasteiger partial charge is 0.224 e. The van der Waals surface area contributed by atoms with Gasteiger partial charge in [0.1, 0.15) is 22.9 Å². The first-order valence-electron chi connectivity index (χ1n) is 10.5. The SMILES string of the molecule is COc1ccc2oc(-c3ccc(NC(=O)CCC(=O)Nc4ccc(F)cc4)cc3)cc(=O)c2c1. The summed E-state index contributed by atoms with van der Waals surface area (Å²) in [5.74, 6) is -0.0975. The summed E-state index contributed by atoms with van der Waals surface area (Å²) >= 11 is 0. The maximum absolute atomic E-state index is 12.9. The topological polar surface area (TPSA) is 97.6 Å². The quantitative estimate of drug-likeness (QED) is 0.406. The molecule has 34 heavy (non-hydrogen) atoms. The highest BCUT2D eigenvalue weighted by atomic mass is 19.1. The number of anilines is 2. The second-order valence-corrected chi connectivity index (χ2v) is 7.52. The monoisotopic (exact) mass is 460 g/mol. The first kappa shape index (κ1) is 22.7. The van der Waals surface area contributed by atoms with E-state index in [1.807, 2.05) is 0 Å². The number of carbonyl (C=O) groups excluding carboxylic acids is 2. The molecule has 172 valence electrons. The summed E-state index contributed by atoms with van der Waals surface area (Å²) in [6, 6.07) is 18.6. The number of halogens is 1. The predicted octanol–water partition coefficient (Wildman–Crippen LogP) is 4.97. The van der Waals surface area contributed by atoms with Crippen molar-refractivity contribution in [2.45, 2.75) is 12.8 Å². The molecule has 0 unspecified atom stereocenters. The van der Waals surface area contributed by atoms with Crippen molar-refractivity contribution < 1.29 is 23.1 Å².